The Bertz CT molecular complexity index is 892. The van der Waals surface area contributed by atoms with Gasteiger partial charge in [-0.3, -0.25) is 9.78 Å². The van der Waals surface area contributed by atoms with Crippen molar-refractivity contribution in [2.24, 2.45) is 0 Å². The number of ether oxygens (including phenoxy) is 1. The van der Waals surface area contributed by atoms with Crippen molar-refractivity contribution < 1.29 is 9.53 Å². The molecule has 0 spiro atoms. The third-order valence-corrected chi connectivity index (χ3v) is 3.98. The third kappa shape index (κ3) is 4.39. The molecule has 132 valence electrons. The number of aromatic nitrogens is 1. The van der Waals surface area contributed by atoms with Crippen molar-refractivity contribution in [1.82, 2.24) is 4.98 Å². The average molecular weight is 347 g/mol. The molecule has 26 heavy (non-hydrogen) atoms. The molecular weight excluding hydrogens is 326 g/mol. The Morgan fingerprint density at radius 2 is 1.81 bits per heavy atom. The van der Waals surface area contributed by atoms with Crippen molar-refractivity contribution in [3.05, 3.63) is 78.1 Å². The summed E-state index contributed by atoms with van der Waals surface area (Å²) in [5, 5.41) is 6.12. The van der Waals surface area contributed by atoms with E-state index in [4.69, 9.17) is 4.74 Å². The lowest BCUT2D eigenvalue weighted by Gasteiger charge is -2.10. The standard InChI is InChI=1S/C21H21N3O2/c1-3-15-7-9-17(10-8-15)23-19-11-16(13-22-14-19)21(25)24-18-5-4-6-20(12-18)26-2/h4-14,23H,3H2,1-2H3,(H,24,25). The molecule has 1 heterocycles. The number of hydrogen-bond donors (Lipinski definition) is 2. The van der Waals surface area contributed by atoms with Crippen LogP contribution in [-0.2, 0) is 6.42 Å². The molecule has 1 aromatic heterocycles. The monoisotopic (exact) mass is 347 g/mol. The highest BCUT2D eigenvalue weighted by Gasteiger charge is 2.08. The molecule has 5 heteroatoms. The lowest BCUT2D eigenvalue weighted by atomic mass is 10.1. The van der Waals surface area contributed by atoms with Crippen LogP contribution in [0.1, 0.15) is 22.8 Å². The van der Waals surface area contributed by atoms with E-state index < -0.39 is 0 Å². The highest BCUT2D eigenvalue weighted by Crippen LogP contribution is 2.20. The molecule has 0 saturated heterocycles. The highest BCUT2D eigenvalue weighted by molar-refractivity contribution is 6.04. The predicted molar refractivity (Wildman–Crippen MR) is 104 cm³/mol. The Morgan fingerprint density at radius 1 is 1.00 bits per heavy atom. The average Bonchev–Trinajstić information content (AvgIpc) is 2.69. The second-order valence-corrected chi connectivity index (χ2v) is 5.82. The fraction of sp³-hybridized carbons (Fsp3) is 0.143. The lowest BCUT2D eigenvalue weighted by molar-refractivity contribution is 0.102. The number of anilines is 3. The minimum atomic E-state index is -0.226. The van der Waals surface area contributed by atoms with E-state index >= 15 is 0 Å². The van der Waals surface area contributed by atoms with Crippen LogP contribution >= 0.6 is 0 Å². The molecule has 3 rings (SSSR count). The molecule has 1 amide bonds. The van der Waals surface area contributed by atoms with Gasteiger partial charge in [0.25, 0.3) is 5.91 Å². The number of rotatable bonds is 6. The van der Waals surface area contributed by atoms with Crippen molar-refractivity contribution in [2.75, 3.05) is 17.7 Å². The molecular formula is C21H21N3O2. The van der Waals surface area contributed by atoms with Crippen molar-refractivity contribution >= 4 is 23.0 Å². The zero-order valence-corrected chi connectivity index (χ0v) is 14.8. The van der Waals surface area contributed by atoms with E-state index in [9.17, 15) is 4.79 Å². The molecule has 0 unspecified atom stereocenters. The first-order valence-electron chi connectivity index (χ1n) is 8.44. The zero-order chi connectivity index (χ0) is 18.4. The summed E-state index contributed by atoms with van der Waals surface area (Å²) in [5.74, 6) is 0.461. The van der Waals surface area contributed by atoms with E-state index in [0.717, 1.165) is 17.8 Å². The topological polar surface area (TPSA) is 63.2 Å². The van der Waals surface area contributed by atoms with E-state index in [1.807, 2.05) is 30.3 Å². The summed E-state index contributed by atoms with van der Waals surface area (Å²) >= 11 is 0. The summed E-state index contributed by atoms with van der Waals surface area (Å²) in [4.78, 5) is 16.6. The van der Waals surface area contributed by atoms with Gasteiger partial charge in [0, 0.05) is 23.6 Å². The first kappa shape index (κ1) is 17.5. The Kier molecular flexibility index (Phi) is 5.49. The maximum atomic E-state index is 12.5. The predicted octanol–water partition coefficient (Wildman–Crippen LogP) is 4.65. The van der Waals surface area contributed by atoms with Gasteiger partial charge in [-0.25, -0.2) is 0 Å². The van der Waals surface area contributed by atoms with Gasteiger partial charge >= 0.3 is 0 Å². The molecule has 0 atom stereocenters. The maximum Gasteiger partial charge on any atom is 0.257 e. The van der Waals surface area contributed by atoms with E-state index in [0.29, 0.717) is 17.0 Å². The van der Waals surface area contributed by atoms with Crippen LogP contribution in [0.5, 0.6) is 5.75 Å². The SMILES string of the molecule is CCc1ccc(Nc2cncc(C(=O)Nc3cccc(OC)c3)c2)cc1. The van der Waals surface area contributed by atoms with E-state index in [1.165, 1.54) is 5.56 Å². The van der Waals surface area contributed by atoms with Gasteiger partial charge in [0.05, 0.1) is 24.6 Å². The van der Waals surface area contributed by atoms with Crippen LogP contribution in [0, 0.1) is 0 Å². The van der Waals surface area contributed by atoms with Crippen molar-refractivity contribution in [3.8, 4) is 5.75 Å². The quantitative estimate of drug-likeness (QED) is 0.681. The number of hydrogen-bond acceptors (Lipinski definition) is 4. The van der Waals surface area contributed by atoms with E-state index in [1.54, 1.807) is 31.6 Å². The van der Waals surface area contributed by atoms with Gasteiger partial charge in [-0.15, -0.1) is 0 Å². The molecule has 0 aliphatic heterocycles. The van der Waals surface area contributed by atoms with Crippen molar-refractivity contribution in [1.29, 1.82) is 0 Å². The number of nitrogens with one attached hydrogen (secondary N) is 2. The van der Waals surface area contributed by atoms with Crippen molar-refractivity contribution in [2.45, 2.75) is 13.3 Å². The van der Waals surface area contributed by atoms with Gasteiger partial charge in [-0.2, -0.15) is 0 Å². The molecule has 0 fully saturated rings. The number of benzene rings is 2. The largest absolute Gasteiger partial charge is 0.497 e. The van der Waals surface area contributed by atoms with Gasteiger partial charge in [0.15, 0.2) is 0 Å². The Hall–Kier alpha value is -3.34. The van der Waals surface area contributed by atoms with Crippen LogP contribution in [0.15, 0.2) is 67.0 Å². The summed E-state index contributed by atoms with van der Waals surface area (Å²) in [6.07, 6.45) is 4.23. The normalized spacial score (nSPS) is 10.2. The molecule has 0 saturated carbocycles. The summed E-state index contributed by atoms with van der Waals surface area (Å²) in [6.45, 7) is 2.12. The number of methoxy groups -OCH3 is 1. The molecule has 5 nitrogen and oxygen atoms in total. The van der Waals surface area contributed by atoms with Gasteiger partial charge in [-0.05, 0) is 42.3 Å². The number of pyridine rings is 1. The summed E-state index contributed by atoms with van der Waals surface area (Å²) in [6, 6.07) is 17.2. The van der Waals surface area contributed by atoms with Crippen LogP contribution < -0.4 is 15.4 Å². The maximum absolute atomic E-state index is 12.5. The van der Waals surface area contributed by atoms with Gasteiger partial charge in [0.2, 0.25) is 0 Å². The molecule has 0 aliphatic rings. The third-order valence-electron chi connectivity index (χ3n) is 3.98. The highest BCUT2D eigenvalue weighted by atomic mass is 16.5. The second-order valence-electron chi connectivity index (χ2n) is 5.82. The van der Waals surface area contributed by atoms with Crippen LogP contribution in [0.2, 0.25) is 0 Å². The smallest absolute Gasteiger partial charge is 0.257 e. The molecule has 0 bridgehead atoms. The number of amides is 1. The van der Waals surface area contributed by atoms with Crippen molar-refractivity contribution in [3.63, 3.8) is 0 Å². The lowest BCUT2D eigenvalue weighted by Crippen LogP contribution is -2.12. The molecule has 0 aliphatic carbocycles. The number of carbonyl (C=O) groups excluding carboxylic acids is 1. The van der Waals surface area contributed by atoms with E-state index in [2.05, 4.69) is 34.7 Å². The molecule has 0 radical (unpaired) electrons. The zero-order valence-electron chi connectivity index (χ0n) is 14.8. The Labute approximate surface area is 153 Å². The number of carbonyl (C=O) groups is 1. The molecule has 2 aromatic carbocycles. The fourth-order valence-electron chi connectivity index (χ4n) is 2.53. The first-order valence-corrected chi connectivity index (χ1v) is 8.44. The van der Waals surface area contributed by atoms with E-state index in [-0.39, 0.29) is 5.91 Å². The minimum Gasteiger partial charge on any atom is -0.497 e. The van der Waals surface area contributed by atoms with Crippen LogP contribution in [-0.4, -0.2) is 18.0 Å². The molecule has 2 N–H and O–H groups in total. The van der Waals surface area contributed by atoms with Gasteiger partial charge in [-0.1, -0.05) is 25.1 Å². The van der Waals surface area contributed by atoms with Crippen LogP contribution in [0.4, 0.5) is 17.1 Å². The van der Waals surface area contributed by atoms with Crippen LogP contribution in [0.25, 0.3) is 0 Å². The Balaban J connectivity index is 1.72. The summed E-state index contributed by atoms with van der Waals surface area (Å²) < 4.78 is 5.17. The van der Waals surface area contributed by atoms with Gasteiger partial charge < -0.3 is 15.4 Å². The summed E-state index contributed by atoms with van der Waals surface area (Å²) in [7, 11) is 1.59. The van der Waals surface area contributed by atoms with Crippen LogP contribution in [0.3, 0.4) is 0 Å². The minimum absolute atomic E-state index is 0.226. The molecule has 3 aromatic rings. The second kappa shape index (κ2) is 8.16. The first-order chi connectivity index (χ1) is 12.7. The number of nitrogens with zero attached hydrogens (tertiary/aromatic N) is 1. The fourth-order valence-corrected chi connectivity index (χ4v) is 2.53. The Morgan fingerprint density at radius 3 is 2.54 bits per heavy atom. The number of aryl methyl sites for hydroxylation is 1. The summed E-state index contributed by atoms with van der Waals surface area (Å²) in [5.41, 5.74) is 4.13. The van der Waals surface area contributed by atoms with Gasteiger partial charge in [0.1, 0.15) is 5.75 Å².